The molecule has 2 aliphatic heterocycles. The standard InChI is InChI=1S/C27H44N6O4/c1-18(27(9-5-6-10-27)31-11-13-37-14-12-31)28-24(35)22-15-20(34)16-32(22)25(36)23(26(2,3)4)33-17-21(29-30-33)19-7-8-19/h17-20,22-23,34H,5-16H2,1-4H3,(H,28,35)/t18?,20-,22+,23-/m1/s1. The number of rotatable bonds is 7. The smallest absolute Gasteiger partial charge is 0.248 e. The molecule has 2 N–H and O–H groups in total. The molecule has 206 valence electrons. The summed E-state index contributed by atoms with van der Waals surface area (Å²) in [6.07, 6.45) is 8.02. The van der Waals surface area contributed by atoms with Crippen molar-refractivity contribution < 1.29 is 19.4 Å². The quantitative estimate of drug-likeness (QED) is 0.569. The van der Waals surface area contributed by atoms with E-state index in [0.29, 0.717) is 5.92 Å². The van der Waals surface area contributed by atoms with Crippen LogP contribution in [0.1, 0.15) is 90.3 Å². The van der Waals surface area contributed by atoms with Crippen molar-refractivity contribution >= 4 is 11.8 Å². The van der Waals surface area contributed by atoms with Gasteiger partial charge in [-0.15, -0.1) is 5.10 Å². The molecule has 2 saturated carbocycles. The van der Waals surface area contributed by atoms with Crippen molar-refractivity contribution in [3.63, 3.8) is 0 Å². The lowest BCUT2D eigenvalue weighted by Crippen LogP contribution is -2.63. The number of amides is 2. The molecular weight excluding hydrogens is 472 g/mol. The predicted octanol–water partition coefficient (Wildman–Crippen LogP) is 1.85. The van der Waals surface area contributed by atoms with Gasteiger partial charge in [0.05, 0.1) is 25.0 Å². The largest absolute Gasteiger partial charge is 0.391 e. The van der Waals surface area contributed by atoms with Crippen molar-refractivity contribution in [3.8, 4) is 0 Å². The highest BCUT2D eigenvalue weighted by atomic mass is 16.5. The first-order valence-electron chi connectivity index (χ1n) is 14.1. The van der Waals surface area contributed by atoms with E-state index in [2.05, 4.69) is 27.5 Å². The molecule has 1 aromatic heterocycles. The molecule has 4 atom stereocenters. The number of β-amino-alcohol motifs (C(OH)–C–C–N with tert-alkyl or cyclic N) is 1. The molecule has 2 saturated heterocycles. The number of likely N-dealkylation sites (tertiary alicyclic amines) is 1. The molecule has 5 rings (SSSR count). The number of aliphatic hydroxyl groups is 1. The number of carbonyl (C=O) groups is 2. The Bertz CT molecular complexity index is 974. The molecule has 1 aromatic rings. The normalized spacial score (nSPS) is 28.3. The Labute approximate surface area is 220 Å². The fourth-order valence-corrected chi connectivity index (χ4v) is 6.79. The number of morpholine rings is 1. The molecule has 10 heteroatoms. The van der Waals surface area contributed by atoms with Crippen LogP contribution >= 0.6 is 0 Å². The van der Waals surface area contributed by atoms with Gasteiger partial charge in [-0.05, 0) is 38.0 Å². The summed E-state index contributed by atoms with van der Waals surface area (Å²) >= 11 is 0. The molecule has 3 heterocycles. The van der Waals surface area contributed by atoms with Gasteiger partial charge in [0.1, 0.15) is 12.1 Å². The topological polar surface area (TPSA) is 113 Å². The summed E-state index contributed by atoms with van der Waals surface area (Å²) in [4.78, 5) is 31.8. The van der Waals surface area contributed by atoms with Crippen LogP contribution in [-0.4, -0.2) is 98.3 Å². The summed E-state index contributed by atoms with van der Waals surface area (Å²) in [5, 5.41) is 22.5. The minimum Gasteiger partial charge on any atom is -0.391 e. The van der Waals surface area contributed by atoms with Gasteiger partial charge in [0.15, 0.2) is 0 Å². The van der Waals surface area contributed by atoms with Gasteiger partial charge in [-0.2, -0.15) is 0 Å². The molecule has 10 nitrogen and oxygen atoms in total. The van der Waals surface area contributed by atoms with Crippen molar-refractivity contribution in [2.45, 2.75) is 108 Å². The van der Waals surface area contributed by atoms with E-state index in [-0.39, 0.29) is 36.4 Å². The lowest BCUT2D eigenvalue weighted by atomic mass is 9.85. The van der Waals surface area contributed by atoms with E-state index in [1.54, 1.807) is 9.58 Å². The Hall–Kier alpha value is -2.04. The van der Waals surface area contributed by atoms with E-state index in [4.69, 9.17) is 4.74 Å². The molecule has 0 bridgehead atoms. The maximum Gasteiger partial charge on any atom is 0.248 e. The van der Waals surface area contributed by atoms with E-state index in [0.717, 1.165) is 70.5 Å². The van der Waals surface area contributed by atoms with Crippen LogP contribution in [0, 0.1) is 5.41 Å². The summed E-state index contributed by atoms with van der Waals surface area (Å²) in [6, 6.07) is -1.38. The fraction of sp³-hybridized carbons (Fsp3) is 0.852. The highest BCUT2D eigenvalue weighted by molar-refractivity contribution is 5.90. The van der Waals surface area contributed by atoms with E-state index in [1.807, 2.05) is 27.0 Å². The van der Waals surface area contributed by atoms with Crippen LogP contribution in [0.2, 0.25) is 0 Å². The van der Waals surface area contributed by atoms with E-state index >= 15 is 0 Å². The number of aliphatic hydroxyl groups excluding tert-OH is 1. The van der Waals surface area contributed by atoms with Crippen LogP contribution < -0.4 is 5.32 Å². The molecule has 4 aliphatic rings. The second kappa shape index (κ2) is 10.3. The highest BCUT2D eigenvalue weighted by Crippen LogP contribution is 2.41. The summed E-state index contributed by atoms with van der Waals surface area (Å²) in [5.41, 5.74) is 0.397. The van der Waals surface area contributed by atoms with Crippen LogP contribution in [-0.2, 0) is 14.3 Å². The summed E-state index contributed by atoms with van der Waals surface area (Å²) in [5.74, 6) is 0.0715. The van der Waals surface area contributed by atoms with Gasteiger partial charge >= 0.3 is 0 Å². The van der Waals surface area contributed by atoms with Gasteiger partial charge in [-0.25, -0.2) is 4.68 Å². The number of aromatic nitrogens is 3. The third-order valence-corrected chi connectivity index (χ3v) is 8.98. The highest BCUT2D eigenvalue weighted by Gasteiger charge is 2.48. The average molecular weight is 517 g/mol. The minimum atomic E-state index is -0.729. The SMILES string of the molecule is CC(NC(=O)[C@@H]1C[C@@H](O)CN1C(=O)[C@@H](n1cc(C2CC2)nn1)C(C)(C)C)C1(N2CCOCC2)CCCC1. The van der Waals surface area contributed by atoms with Crippen molar-refractivity contribution in [2.75, 3.05) is 32.8 Å². The molecule has 37 heavy (non-hydrogen) atoms. The number of hydrogen-bond donors (Lipinski definition) is 2. The molecule has 2 aliphatic carbocycles. The first kappa shape index (κ1) is 26.6. The molecule has 0 radical (unpaired) electrons. The zero-order valence-electron chi connectivity index (χ0n) is 22.9. The summed E-state index contributed by atoms with van der Waals surface area (Å²) < 4.78 is 7.26. The second-order valence-electron chi connectivity index (χ2n) is 12.7. The third kappa shape index (κ3) is 5.29. The second-order valence-corrected chi connectivity index (χ2v) is 12.7. The van der Waals surface area contributed by atoms with Crippen LogP contribution in [0.25, 0.3) is 0 Å². The Morgan fingerprint density at radius 3 is 2.49 bits per heavy atom. The Kier molecular flexibility index (Phi) is 7.37. The van der Waals surface area contributed by atoms with Crippen molar-refractivity contribution in [1.82, 2.24) is 30.1 Å². The number of nitrogens with zero attached hydrogens (tertiary/aromatic N) is 5. The van der Waals surface area contributed by atoms with Gasteiger partial charge in [-0.3, -0.25) is 14.5 Å². The number of carbonyl (C=O) groups excluding carboxylic acids is 2. The maximum absolute atomic E-state index is 14.0. The first-order chi connectivity index (χ1) is 17.6. The molecule has 2 amide bonds. The predicted molar refractivity (Wildman–Crippen MR) is 138 cm³/mol. The molecule has 0 aromatic carbocycles. The molecule has 1 unspecified atom stereocenters. The number of ether oxygens (including phenoxy) is 1. The van der Waals surface area contributed by atoms with Gasteiger partial charge in [0.2, 0.25) is 11.8 Å². The van der Waals surface area contributed by atoms with Gasteiger partial charge in [-0.1, -0.05) is 38.8 Å². The van der Waals surface area contributed by atoms with Crippen LogP contribution in [0.3, 0.4) is 0 Å². The lowest BCUT2D eigenvalue weighted by Gasteiger charge is -2.47. The molecule has 4 fully saturated rings. The van der Waals surface area contributed by atoms with Crippen molar-refractivity contribution in [1.29, 1.82) is 0 Å². The summed E-state index contributed by atoms with van der Waals surface area (Å²) in [6.45, 7) is 11.5. The number of nitrogens with one attached hydrogen (secondary N) is 1. The monoisotopic (exact) mass is 516 g/mol. The third-order valence-electron chi connectivity index (χ3n) is 8.98. The first-order valence-corrected chi connectivity index (χ1v) is 14.1. The van der Waals surface area contributed by atoms with Crippen LogP contribution in [0.5, 0.6) is 0 Å². The van der Waals surface area contributed by atoms with Crippen LogP contribution in [0.4, 0.5) is 0 Å². The molecular formula is C27H44N6O4. The van der Waals surface area contributed by atoms with Gasteiger partial charge in [0, 0.05) is 49.8 Å². The summed E-state index contributed by atoms with van der Waals surface area (Å²) in [7, 11) is 0. The van der Waals surface area contributed by atoms with Crippen LogP contribution in [0.15, 0.2) is 6.20 Å². The van der Waals surface area contributed by atoms with Crippen molar-refractivity contribution in [3.05, 3.63) is 11.9 Å². The maximum atomic E-state index is 14.0. The zero-order valence-corrected chi connectivity index (χ0v) is 22.9. The Morgan fingerprint density at radius 1 is 1.19 bits per heavy atom. The number of hydrogen-bond acceptors (Lipinski definition) is 7. The van der Waals surface area contributed by atoms with E-state index in [9.17, 15) is 14.7 Å². The van der Waals surface area contributed by atoms with Gasteiger partial charge in [0.25, 0.3) is 0 Å². The Morgan fingerprint density at radius 2 is 1.86 bits per heavy atom. The fourth-order valence-electron chi connectivity index (χ4n) is 6.79. The van der Waals surface area contributed by atoms with Gasteiger partial charge < -0.3 is 20.1 Å². The van der Waals surface area contributed by atoms with E-state index < -0.39 is 23.6 Å². The van der Waals surface area contributed by atoms with E-state index in [1.165, 1.54) is 0 Å². The lowest BCUT2D eigenvalue weighted by molar-refractivity contribution is -0.144. The average Bonchev–Trinajstić information content (AvgIpc) is 3.22. The minimum absolute atomic E-state index is 0.0647. The Balaban J connectivity index is 1.33. The molecule has 0 spiro atoms. The zero-order chi connectivity index (χ0) is 26.4. The van der Waals surface area contributed by atoms with Crippen molar-refractivity contribution in [2.24, 2.45) is 5.41 Å².